The minimum absolute atomic E-state index is 0.160. The molecule has 0 fully saturated rings. The first-order chi connectivity index (χ1) is 5.11. The van der Waals surface area contributed by atoms with E-state index >= 15 is 0 Å². The Hall–Kier alpha value is -1.27. The molecular formula is C5H7BN2O3. The molecule has 1 rings (SSSR count). The first-order valence-corrected chi connectivity index (χ1v) is 2.95. The van der Waals surface area contributed by atoms with Gasteiger partial charge in [-0.2, -0.15) is 0 Å². The van der Waals surface area contributed by atoms with Crippen molar-refractivity contribution in [3.63, 3.8) is 0 Å². The first-order valence-electron chi connectivity index (χ1n) is 2.95. The number of rotatable bonds is 2. The highest BCUT2D eigenvalue weighted by Gasteiger charge is 2.14. The van der Waals surface area contributed by atoms with Crippen molar-refractivity contribution in [2.75, 3.05) is 0 Å². The molecule has 0 spiro atoms. The lowest BCUT2D eigenvalue weighted by atomic mass is 9.82. The minimum atomic E-state index is -1.57. The molecule has 0 bridgehead atoms. The zero-order valence-electron chi connectivity index (χ0n) is 5.61. The summed E-state index contributed by atoms with van der Waals surface area (Å²) < 4.78 is 0. The smallest absolute Gasteiger partial charge is 0.423 e. The Kier molecular flexibility index (Phi) is 1.97. The molecule has 0 saturated carbocycles. The van der Waals surface area contributed by atoms with Gasteiger partial charge in [0.05, 0.1) is 0 Å². The standard InChI is InChI=1S/C5H7BN2O3/c7-5(9)4-1-3(2-8-4)6(10)11/h1-2,8,10-11H,(H2,7,9). The van der Waals surface area contributed by atoms with Gasteiger partial charge in [0.1, 0.15) is 5.69 Å². The number of H-pyrrole nitrogens is 1. The van der Waals surface area contributed by atoms with Gasteiger partial charge in [0.25, 0.3) is 5.91 Å². The second-order valence-electron chi connectivity index (χ2n) is 2.08. The molecule has 11 heavy (non-hydrogen) atoms. The second kappa shape index (κ2) is 2.77. The molecule has 5 N–H and O–H groups in total. The summed E-state index contributed by atoms with van der Waals surface area (Å²) in [4.78, 5) is 13.0. The lowest BCUT2D eigenvalue weighted by Crippen LogP contribution is -2.28. The Bertz CT molecular complexity index is 270. The average Bonchev–Trinajstić information content (AvgIpc) is 2.33. The van der Waals surface area contributed by atoms with E-state index in [1.807, 2.05) is 0 Å². The van der Waals surface area contributed by atoms with Gasteiger partial charge in [-0.3, -0.25) is 4.79 Å². The monoisotopic (exact) mass is 154 g/mol. The highest BCUT2D eigenvalue weighted by Crippen LogP contribution is 1.90. The van der Waals surface area contributed by atoms with Crippen LogP contribution in [0.15, 0.2) is 12.3 Å². The fourth-order valence-corrected chi connectivity index (χ4v) is 0.702. The van der Waals surface area contributed by atoms with Crippen LogP contribution in [-0.4, -0.2) is 28.1 Å². The molecule has 1 aromatic rings. The minimum Gasteiger partial charge on any atom is -0.423 e. The summed E-state index contributed by atoms with van der Waals surface area (Å²) in [6.07, 6.45) is 1.31. The van der Waals surface area contributed by atoms with Gasteiger partial charge >= 0.3 is 7.12 Å². The number of hydrogen-bond donors (Lipinski definition) is 4. The number of carbonyl (C=O) groups is 1. The van der Waals surface area contributed by atoms with Gasteiger partial charge in [0.15, 0.2) is 0 Å². The quantitative estimate of drug-likeness (QED) is 0.363. The molecule has 0 aliphatic carbocycles. The predicted molar refractivity (Wildman–Crippen MR) is 39.1 cm³/mol. The van der Waals surface area contributed by atoms with Gasteiger partial charge in [-0.15, -0.1) is 0 Å². The maximum Gasteiger partial charge on any atom is 0.490 e. The maximum absolute atomic E-state index is 10.5. The van der Waals surface area contributed by atoms with Crippen LogP contribution in [0.3, 0.4) is 0 Å². The predicted octanol–water partition coefficient (Wildman–Crippen LogP) is -2.21. The van der Waals surface area contributed by atoms with Crippen molar-refractivity contribution in [1.29, 1.82) is 0 Å². The third kappa shape index (κ3) is 1.60. The fourth-order valence-electron chi connectivity index (χ4n) is 0.702. The molecule has 6 heteroatoms. The largest absolute Gasteiger partial charge is 0.490 e. The molecule has 58 valence electrons. The third-order valence-corrected chi connectivity index (χ3v) is 1.27. The van der Waals surface area contributed by atoms with Crippen molar-refractivity contribution < 1.29 is 14.8 Å². The lowest BCUT2D eigenvalue weighted by Gasteiger charge is -1.88. The van der Waals surface area contributed by atoms with Crippen LogP contribution in [0.4, 0.5) is 0 Å². The summed E-state index contributed by atoms with van der Waals surface area (Å²) in [7, 11) is -1.57. The Morgan fingerprint density at radius 3 is 2.55 bits per heavy atom. The number of nitrogens with one attached hydrogen (secondary N) is 1. The van der Waals surface area contributed by atoms with Crippen molar-refractivity contribution in [2.24, 2.45) is 5.73 Å². The molecule has 0 radical (unpaired) electrons. The normalized spacial score (nSPS) is 9.64. The van der Waals surface area contributed by atoms with Gasteiger partial charge in [-0.25, -0.2) is 0 Å². The van der Waals surface area contributed by atoms with Gasteiger partial charge < -0.3 is 20.8 Å². The summed E-state index contributed by atoms with van der Waals surface area (Å²) in [6.45, 7) is 0. The fraction of sp³-hybridized carbons (Fsp3) is 0. The van der Waals surface area contributed by atoms with E-state index in [-0.39, 0.29) is 11.2 Å². The van der Waals surface area contributed by atoms with Crippen LogP contribution in [0.5, 0.6) is 0 Å². The molecule has 0 aliphatic rings. The van der Waals surface area contributed by atoms with Crippen molar-refractivity contribution in [3.05, 3.63) is 18.0 Å². The molecule has 0 saturated heterocycles. The molecule has 0 unspecified atom stereocenters. The molecular weight excluding hydrogens is 147 g/mol. The molecule has 0 aromatic carbocycles. The van der Waals surface area contributed by atoms with E-state index in [0.717, 1.165) is 0 Å². The Labute approximate surface area is 63.0 Å². The maximum atomic E-state index is 10.5. The number of carbonyl (C=O) groups excluding carboxylic acids is 1. The van der Waals surface area contributed by atoms with E-state index in [0.29, 0.717) is 0 Å². The molecule has 5 nitrogen and oxygen atoms in total. The van der Waals surface area contributed by atoms with E-state index in [1.165, 1.54) is 12.3 Å². The van der Waals surface area contributed by atoms with Gasteiger partial charge in [0, 0.05) is 11.7 Å². The van der Waals surface area contributed by atoms with Gasteiger partial charge in [0.2, 0.25) is 0 Å². The van der Waals surface area contributed by atoms with E-state index < -0.39 is 13.0 Å². The zero-order chi connectivity index (χ0) is 8.43. The van der Waals surface area contributed by atoms with E-state index in [9.17, 15) is 4.79 Å². The topological polar surface area (TPSA) is 99.3 Å². The van der Waals surface area contributed by atoms with E-state index in [4.69, 9.17) is 15.8 Å². The van der Waals surface area contributed by atoms with E-state index in [2.05, 4.69) is 4.98 Å². The number of hydrogen-bond acceptors (Lipinski definition) is 3. The molecule has 1 amide bonds. The molecule has 1 heterocycles. The zero-order valence-corrected chi connectivity index (χ0v) is 5.61. The van der Waals surface area contributed by atoms with Crippen molar-refractivity contribution in [1.82, 2.24) is 4.98 Å². The third-order valence-electron chi connectivity index (χ3n) is 1.27. The lowest BCUT2D eigenvalue weighted by molar-refractivity contribution is 0.0996. The van der Waals surface area contributed by atoms with Crippen LogP contribution in [0.25, 0.3) is 0 Å². The van der Waals surface area contributed by atoms with Gasteiger partial charge in [-0.1, -0.05) is 0 Å². The summed E-state index contributed by atoms with van der Waals surface area (Å²) in [5, 5.41) is 17.2. The molecule has 0 aliphatic heterocycles. The van der Waals surface area contributed by atoms with Crippen LogP contribution in [0.2, 0.25) is 0 Å². The van der Waals surface area contributed by atoms with Gasteiger partial charge in [-0.05, 0) is 6.07 Å². The van der Waals surface area contributed by atoms with Crippen LogP contribution in [0, 0.1) is 0 Å². The number of primary amides is 1. The highest BCUT2D eigenvalue weighted by molar-refractivity contribution is 6.58. The summed E-state index contributed by atoms with van der Waals surface area (Å²) in [5.74, 6) is -0.628. The van der Waals surface area contributed by atoms with Crippen molar-refractivity contribution in [2.45, 2.75) is 0 Å². The van der Waals surface area contributed by atoms with Crippen LogP contribution >= 0.6 is 0 Å². The summed E-state index contributed by atoms with van der Waals surface area (Å²) in [6, 6.07) is 1.28. The average molecular weight is 154 g/mol. The highest BCUT2D eigenvalue weighted by atomic mass is 16.4. The Morgan fingerprint density at radius 1 is 1.64 bits per heavy atom. The number of amides is 1. The van der Waals surface area contributed by atoms with Crippen molar-refractivity contribution in [3.8, 4) is 0 Å². The van der Waals surface area contributed by atoms with E-state index in [1.54, 1.807) is 0 Å². The van der Waals surface area contributed by atoms with Crippen molar-refractivity contribution >= 4 is 18.5 Å². The summed E-state index contributed by atoms with van der Waals surface area (Å²) >= 11 is 0. The van der Waals surface area contributed by atoms with Crippen LogP contribution in [-0.2, 0) is 0 Å². The number of aromatic nitrogens is 1. The Balaban J connectivity index is 2.90. The second-order valence-corrected chi connectivity index (χ2v) is 2.08. The van der Waals surface area contributed by atoms with Crippen LogP contribution in [0.1, 0.15) is 10.5 Å². The van der Waals surface area contributed by atoms with Crippen LogP contribution < -0.4 is 11.2 Å². The number of aromatic amines is 1. The number of nitrogens with two attached hydrogens (primary N) is 1. The summed E-state index contributed by atoms with van der Waals surface area (Å²) in [5.41, 5.74) is 5.28. The Morgan fingerprint density at radius 2 is 2.27 bits per heavy atom. The SMILES string of the molecule is NC(=O)c1cc(B(O)O)c[nH]1. The molecule has 0 atom stereocenters. The first kappa shape index (κ1) is 7.84. The molecule has 1 aromatic heterocycles.